The lowest BCUT2D eigenvalue weighted by atomic mass is 10.00. The average Bonchev–Trinajstić information content (AvgIpc) is 2.85. The lowest BCUT2D eigenvalue weighted by molar-refractivity contribution is 0.0356. The van der Waals surface area contributed by atoms with Gasteiger partial charge in [-0.1, -0.05) is 32.6 Å². The van der Waals surface area contributed by atoms with Gasteiger partial charge in [0.1, 0.15) is 17.5 Å². The Kier molecular flexibility index (Phi) is 8.88. The number of halogens is 1. The maximum Gasteiger partial charge on any atom is 0.321 e. The summed E-state index contributed by atoms with van der Waals surface area (Å²) >= 11 is 0. The van der Waals surface area contributed by atoms with Crippen molar-refractivity contribution in [1.82, 2.24) is 14.8 Å². The average molecular weight is 497 g/mol. The van der Waals surface area contributed by atoms with Gasteiger partial charge in [-0.15, -0.1) is 0 Å². The lowest BCUT2D eigenvalue weighted by Crippen LogP contribution is -2.50. The van der Waals surface area contributed by atoms with E-state index in [9.17, 15) is 19.1 Å². The highest BCUT2D eigenvalue weighted by Gasteiger charge is 2.34. The zero-order chi connectivity index (χ0) is 26.4. The number of hydrogen-bond donors (Lipinski definition) is 2. The molecule has 1 aromatic heterocycles. The van der Waals surface area contributed by atoms with Crippen LogP contribution in [0.1, 0.15) is 43.6 Å². The van der Waals surface area contributed by atoms with Crippen molar-refractivity contribution >= 4 is 17.6 Å². The topological polar surface area (TPSA) is 95.0 Å². The number of urea groups is 1. The summed E-state index contributed by atoms with van der Waals surface area (Å²) < 4.78 is 19.4. The van der Waals surface area contributed by atoms with Gasteiger partial charge in [0.25, 0.3) is 5.91 Å². The summed E-state index contributed by atoms with van der Waals surface area (Å²) in [5.74, 6) is 5.55. The molecular weight excluding hydrogens is 463 g/mol. The molecule has 0 spiro atoms. The smallest absolute Gasteiger partial charge is 0.321 e. The van der Waals surface area contributed by atoms with Crippen LogP contribution in [0, 0.1) is 29.5 Å². The fraction of sp³-hybridized carbons (Fsp3) is 0.444. The largest absolute Gasteiger partial charge is 0.472 e. The minimum Gasteiger partial charge on any atom is -0.472 e. The molecule has 0 bridgehead atoms. The van der Waals surface area contributed by atoms with Gasteiger partial charge in [-0.05, 0) is 37.3 Å². The Bertz CT molecular complexity index is 1140. The molecule has 36 heavy (non-hydrogen) atoms. The van der Waals surface area contributed by atoms with Crippen molar-refractivity contribution in [3.8, 4) is 17.7 Å². The Morgan fingerprint density at radius 1 is 1.33 bits per heavy atom. The van der Waals surface area contributed by atoms with E-state index in [1.54, 1.807) is 31.1 Å². The van der Waals surface area contributed by atoms with Crippen LogP contribution in [-0.2, 0) is 0 Å². The molecule has 1 aromatic carbocycles. The second-order valence-corrected chi connectivity index (χ2v) is 9.44. The molecule has 3 rings (SSSR count). The first-order chi connectivity index (χ1) is 17.1. The maximum atomic E-state index is 13.4. The number of fused-ring (bicyclic) bond motifs is 1. The number of nitrogens with one attached hydrogen (secondary N) is 1. The van der Waals surface area contributed by atoms with Gasteiger partial charge in [-0.3, -0.25) is 4.79 Å². The van der Waals surface area contributed by atoms with Gasteiger partial charge >= 0.3 is 6.03 Å². The van der Waals surface area contributed by atoms with Crippen LogP contribution in [0.15, 0.2) is 36.5 Å². The molecule has 192 valence electrons. The first-order valence-corrected chi connectivity index (χ1v) is 12.0. The number of likely N-dealkylation sites (N-methyl/N-ethyl adjacent to an activating group) is 1. The van der Waals surface area contributed by atoms with E-state index in [0.29, 0.717) is 17.8 Å². The molecule has 0 saturated carbocycles. The monoisotopic (exact) mass is 496 g/mol. The Morgan fingerprint density at radius 3 is 2.67 bits per heavy atom. The van der Waals surface area contributed by atoms with Crippen molar-refractivity contribution in [1.29, 1.82) is 0 Å². The van der Waals surface area contributed by atoms with E-state index in [-0.39, 0.29) is 54.2 Å². The SMILES string of the molecule is CC(C)C#Cc1cnc2c(c1)C(=O)N([C@H](C)CO)C[C@H](C)[C@H](CN(C)C(=O)Nc1ccc(F)cc1)O2. The molecule has 9 heteroatoms. The zero-order valence-corrected chi connectivity index (χ0v) is 21.3. The minimum absolute atomic E-state index is 0.159. The lowest BCUT2D eigenvalue weighted by Gasteiger charge is -2.37. The van der Waals surface area contributed by atoms with Crippen molar-refractivity contribution in [2.24, 2.45) is 11.8 Å². The molecule has 0 radical (unpaired) electrons. The van der Waals surface area contributed by atoms with Crippen LogP contribution < -0.4 is 10.1 Å². The summed E-state index contributed by atoms with van der Waals surface area (Å²) in [6.45, 7) is 7.98. The van der Waals surface area contributed by atoms with Gasteiger partial charge in [0, 0.05) is 42.9 Å². The van der Waals surface area contributed by atoms with E-state index in [1.807, 2.05) is 20.8 Å². The van der Waals surface area contributed by atoms with Crippen molar-refractivity contribution in [2.75, 3.05) is 32.1 Å². The molecule has 0 unspecified atom stereocenters. The van der Waals surface area contributed by atoms with Crippen molar-refractivity contribution in [3.63, 3.8) is 0 Å². The number of pyridine rings is 1. The molecule has 1 aliphatic rings. The molecule has 3 amide bonds. The molecule has 2 aromatic rings. The predicted octanol–water partition coefficient (Wildman–Crippen LogP) is 3.61. The molecule has 1 aliphatic heterocycles. The van der Waals surface area contributed by atoms with E-state index >= 15 is 0 Å². The van der Waals surface area contributed by atoms with Crippen LogP contribution in [0.25, 0.3) is 0 Å². The number of carbonyl (C=O) groups excluding carboxylic acids is 2. The predicted molar refractivity (Wildman–Crippen MR) is 135 cm³/mol. The van der Waals surface area contributed by atoms with Gasteiger partial charge < -0.3 is 25.0 Å². The number of hydrogen-bond acceptors (Lipinski definition) is 5. The highest BCUT2D eigenvalue weighted by Crippen LogP contribution is 2.27. The van der Waals surface area contributed by atoms with Crippen LogP contribution in [0.3, 0.4) is 0 Å². The quantitative estimate of drug-likeness (QED) is 0.617. The number of ether oxygens (including phenoxy) is 1. The third kappa shape index (κ3) is 6.73. The second-order valence-electron chi connectivity index (χ2n) is 9.44. The van der Waals surface area contributed by atoms with Gasteiger partial charge in [-0.2, -0.15) is 0 Å². The maximum absolute atomic E-state index is 13.4. The standard InChI is InChI=1S/C27H33FN4O4/c1-17(2)6-7-20-12-23-25(29-13-20)36-24(18(3)14-32(26(23)34)19(4)16-33)15-31(5)27(35)30-22-10-8-21(28)9-11-22/h8-13,17-19,24,33H,14-16H2,1-5H3,(H,30,35)/t18-,19+,24-/m0/s1. The number of anilines is 1. The summed E-state index contributed by atoms with van der Waals surface area (Å²) in [5.41, 5.74) is 1.33. The fourth-order valence-electron chi connectivity index (χ4n) is 3.72. The molecular formula is C27H33FN4O4. The molecule has 2 N–H and O–H groups in total. The zero-order valence-electron chi connectivity index (χ0n) is 21.3. The van der Waals surface area contributed by atoms with Gasteiger partial charge in [0.15, 0.2) is 0 Å². The molecule has 3 atom stereocenters. The Balaban J connectivity index is 1.87. The van der Waals surface area contributed by atoms with Crippen molar-refractivity contribution in [3.05, 3.63) is 53.5 Å². The normalized spacial score (nSPS) is 18.2. The van der Waals surface area contributed by atoms with Crippen LogP contribution >= 0.6 is 0 Å². The highest BCUT2D eigenvalue weighted by atomic mass is 19.1. The third-order valence-electron chi connectivity index (χ3n) is 5.92. The van der Waals surface area contributed by atoms with Crippen LogP contribution in [0.5, 0.6) is 5.88 Å². The highest BCUT2D eigenvalue weighted by molar-refractivity contribution is 5.97. The van der Waals surface area contributed by atoms with E-state index in [2.05, 4.69) is 22.1 Å². The number of aromatic nitrogens is 1. The Hall–Kier alpha value is -3.64. The van der Waals surface area contributed by atoms with Gasteiger partial charge in [-0.25, -0.2) is 14.2 Å². The summed E-state index contributed by atoms with van der Waals surface area (Å²) in [6, 6.07) is 6.36. The number of carbonyl (C=O) groups is 2. The number of aliphatic hydroxyl groups is 1. The summed E-state index contributed by atoms with van der Waals surface area (Å²) in [4.78, 5) is 33.7. The number of rotatable bonds is 5. The van der Waals surface area contributed by atoms with E-state index in [0.717, 1.165) is 0 Å². The molecule has 0 saturated heterocycles. The first kappa shape index (κ1) is 27.0. The minimum atomic E-state index is -0.491. The Morgan fingerprint density at radius 2 is 2.03 bits per heavy atom. The van der Waals surface area contributed by atoms with Crippen LogP contribution in [0.2, 0.25) is 0 Å². The van der Waals surface area contributed by atoms with E-state index in [4.69, 9.17) is 4.74 Å². The molecule has 0 aliphatic carbocycles. The summed E-state index contributed by atoms with van der Waals surface area (Å²) in [6.07, 6.45) is 1.07. The van der Waals surface area contributed by atoms with Crippen molar-refractivity contribution < 1.29 is 23.8 Å². The van der Waals surface area contributed by atoms with Gasteiger partial charge in [0.2, 0.25) is 5.88 Å². The number of aliphatic hydroxyl groups excluding tert-OH is 1. The van der Waals surface area contributed by atoms with Crippen molar-refractivity contribution in [2.45, 2.75) is 39.8 Å². The fourth-order valence-corrected chi connectivity index (χ4v) is 3.72. The molecule has 2 heterocycles. The summed E-state index contributed by atoms with van der Waals surface area (Å²) in [5, 5.41) is 12.5. The van der Waals surface area contributed by atoms with E-state index < -0.39 is 12.1 Å². The number of nitrogens with zero attached hydrogens (tertiary/aromatic N) is 3. The Labute approximate surface area is 211 Å². The van der Waals surface area contributed by atoms with Crippen LogP contribution in [-0.4, -0.2) is 70.7 Å². The molecule has 8 nitrogen and oxygen atoms in total. The van der Waals surface area contributed by atoms with Crippen LogP contribution in [0.4, 0.5) is 14.9 Å². The third-order valence-corrected chi connectivity index (χ3v) is 5.92. The first-order valence-electron chi connectivity index (χ1n) is 12.0. The number of benzene rings is 1. The summed E-state index contributed by atoms with van der Waals surface area (Å²) in [7, 11) is 1.63. The van der Waals surface area contributed by atoms with Gasteiger partial charge in [0.05, 0.1) is 19.2 Å². The number of amides is 3. The second kappa shape index (κ2) is 11.9. The van der Waals surface area contributed by atoms with E-state index in [1.165, 1.54) is 29.2 Å². The molecule has 0 fully saturated rings.